The van der Waals surface area contributed by atoms with Crippen molar-refractivity contribution in [2.24, 2.45) is 0 Å². The number of aromatic nitrogens is 4. The van der Waals surface area contributed by atoms with Crippen LogP contribution < -0.4 is 5.73 Å². The largest absolute Gasteiger partial charge is 0.469 e. The normalized spacial score (nSPS) is 22.5. The van der Waals surface area contributed by atoms with E-state index in [1.165, 1.54) is 10.9 Å². The van der Waals surface area contributed by atoms with Gasteiger partial charge in [0.15, 0.2) is 17.0 Å². The van der Waals surface area contributed by atoms with Crippen LogP contribution in [-0.2, 0) is 13.8 Å². The molecule has 4 N–H and O–H groups in total. The topological polar surface area (TPSA) is 146 Å². The molecule has 2 aromatic rings. The first-order valence-corrected chi connectivity index (χ1v) is 7.87. The summed E-state index contributed by atoms with van der Waals surface area (Å²) < 4.78 is 35.5. The van der Waals surface area contributed by atoms with E-state index in [-0.39, 0.29) is 23.6 Å². The Morgan fingerprint density at radius 2 is 2.27 bits per heavy atom. The molecule has 0 spiro atoms. The van der Waals surface area contributed by atoms with Gasteiger partial charge >= 0.3 is 13.9 Å². The minimum atomic E-state index is -4.54. The Morgan fingerprint density at radius 1 is 1.50 bits per heavy atom. The van der Waals surface area contributed by atoms with E-state index < -0.39 is 26.2 Å². The molecule has 12 heteroatoms. The van der Waals surface area contributed by atoms with Gasteiger partial charge in [-0.25, -0.2) is 9.55 Å². The summed E-state index contributed by atoms with van der Waals surface area (Å²) in [5, 5.41) is 0. The van der Waals surface area contributed by atoms with Gasteiger partial charge in [-0.15, -0.1) is 0 Å². The molecule has 0 saturated carbocycles. The average molecular weight is 333 g/mol. The fourth-order valence-electron chi connectivity index (χ4n) is 2.32. The second-order valence-electron chi connectivity index (χ2n) is 4.78. The van der Waals surface area contributed by atoms with Gasteiger partial charge in [0.2, 0.25) is 0 Å². The van der Waals surface area contributed by atoms with Gasteiger partial charge in [-0.1, -0.05) is 0 Å². The van der Waals surface area contributed by atoms with Crippen molar-refractivity contribution in [2.75, 3.05) is 12.3 Å². The SMILES string of the molecule is Nc1nc(F)nc2c1ncn2[C@H]1CC[C@@H](COP(=O)(O)O)O1. The molecule has 22 heavy (non-hydrogen) atoms. The minimum absolute atomic E-state index is 0.0689. The van der Waals surface area contributed by atoms with E-state index in [0.717, 1.165) is 0 Å². The number of nitrogen functional groups attached to an aromatic ring is 1. The van der Waals surface area contributed by atoms with Crippen LogP contribution in [0, 0.1) is 6.08 Å². The molecule has 0 amide bonds. The highest BCUT2D eigenvalue weighted by molar-refractivity contribution is 7.46. The van der Waals surface area contributed by atoms with Gasteiger partial charge in [0.05, 0.1) is 19.0 Å². The number of imidazole rings is 1. The lowest BCUT2D eigenvalue weighted by molar-refractivity contribution is -0.0205. The summed E-state index contributed by atoms with van der Waals surface area (Å²) in [6.07, 6.45) is 0.514. The first kappa shape index (κ1) is 15.3. The zero-order valence-corrected chi connectivity index (χ0v) is 12.1. The third-order valence-corrected chi connectivity index (χ3v) is 3.73. The first-order chi connectivity index (χ1) is 10.3. The van der Waals surface area contributed by atoms with Crippen molar-refractivity contribution in [1.29, 1.82) is 0 Å². The summed E-state index contributed by atoms with van der Waals surface area (Å²) in [5.41, 5.74) is 6.04. The van der Waals surface area contributed by atoms with Crippen LogP contribution in [0.4, 0.5) is 10.2 Å². The summed E-state index contributed by atoms with van der Waals surface area (Å²) in [4.78, 5) is 28.4. The quantitative estimate of drug-likeness (QED) is 0.532. The van der Waals surface area contributed by atoms with Crippen LogP contribution in [-0.4, -0.2) is 42.0 Å². The van der Waals surface area contributed by atoms with Crippen molar-refractivity contribution in [3.05, 3.63) is 12.4 Å². The van der Waals surface area contributed by atoms with E-state index in [1.54, 1.807) is 0 Å². The van der Waals surface area contributed by atoms with Crippen LogP contribution >= 0.6 is 7.82 Å². The molecule has 1 aliphatic heterocycles. The molecule has 10 nitrogen and oxygen atoms in total. The van der Waals surface area contributed by atoms with E-state index in [9.17, 15) is 8.96 Å². The maximum absolute atomic E-state index is 13.3. The van der Waals surface area contributed by atoms with E-state index in [2.05, 4.69) is 19.5 Å². The molecule has 2 aromatic heterocycles. The van der Waals surface area contributed by atoms with E-state index in [1.807, 2.05) is 0 Å². The standard InChI is InChI=1S/C10H13FN5O5P/c11-10-14-8(12)7-9(15-10)16(4-13-7)6-2-1-5(21-6)3-20-22(17,18)19/h4-6H,1-3H2,(H2,12,14,15)(H2,17,18,19)/t5-,6+/m0/s1. The van der Waals surface area contributed by atoms with Crippen LogP contribution in [0.3, 0.4) is 0 Å². The Labute approximate surface area is 123 Å². The number of anilines is 1. The summed E-state index contributed by atoms with van der Waals surface area (Å²) in [6, 6.07) is 0. The molecule has 0 bridgehead atoms. The van der Waals surface area contributed by atoms with Crippen molar-refractivity contribution in [3.63, 3.8) is 0 Å². The van der Waals surface area contributed by atoms with Crippen LogP contribution in [0.15, 0.2) is 6.33 Å². The number of rotatable bonds is 4. The number of ether oxygens (including phenoxy) is 1. The number of nitrogens with zero attached hydrogens (tertiary/aromatic N) is 4. The number of hydrogen-bond acceptors (Lipinski definition) is 7. The molecule has 1 fully saturated rings. The fourth-order valence-corrected chi connectivity index (χ4v) is 2.68. The number of phosphoric acid groups is 1. The van der Waals surface area contributed by atoms with Gasteiger partial charge in [0, 0.05) is 0 Å². The third-order valence-electron chi connectivity index (χ3n) is 3.25. The summed E-state index contributed by atoms with van der Waals surface area (Å²) in [6.45, 7) is -0.237. The molecule has 3 rings (SSSR count). The maximum atomic E-state index is 13.3. The predicted octanol–water partition coefficient (Wildman–Crippen LogP) is 0.334. The second kappa shape index (κ2) is 5.52. The van der Waals surface area contributed by atoms with Crippen molar-refractivity contribution < 1.29 is 28.0 Å². The fraction of sp³-hybridized carbons (Fsp3) is 0.500. The summed E-state index contributed by atoms with van der Waals surface area (Å²) in [7, 11) is -4.54. The van der Waals surface area contributed by atoms with Crippen molar-refractivity contribution >= 4 is 24.8 Å². The van der Waals surface area contributed by atoms with Gasteiger partial charge in [0.1, 0.15) is 6.23 Å². The Kier molecular flexibility index (Phi) is 3.83. The Bertz CT molecular complexity index is 749. The number of phosphoric ester groups is 1. The molecule has 0 aromatic carbocycles. The monoisotopic (exact) mass is 333 g/mol. The van der Waals surface area contributed by atoms with Crippen molar-refractivity contribution in [2.45, 2.75) is 25.2 Å². The Morgan fingerprint density at radius 3 is 3.00 bits per heavy atom. The van der Waals surface area contributed by atoms with Gasteiger partial charge in [0.25, 0.3) is 0 Å². The zero-order valence-electron chi connectivity index (χ0n) is 11.2. The number of nitrogens with two attached hydrogens (primary N) is 1. The molecule has 0 unspecified atom stereocenters. The van der Waals surface area contributed by atoms with E-state index >= 15 is 0 Å². The van der Waals surface area contributed by atoms with E-state index in [4.69, 9.17) is 20.3 Å². The van der Waals surface area contributed by atoms with Crippen molar-refractivity contribution in [1.82, 2.24) is 19.5 Å². The number of hydrogen-bond donors (Lipinski definition) is 3. The van der Waals surface area contributed by atoms with Gasteiger partial charge in [-0.05, 0) is 12.8 Å². The van der Waals surface area contributed by atoms with Crippen LogP contribution in [0.1, 0.15) is 19.1 Å². The molecule has 120 valence electrons. The van der Waals surface area contributed by atoms with Gasteiger partial charge in [-0.3, -0.25) is 9.09 Å². The lowest BCUT2D eigenvalue weighted by Gasteiger charge is -2.15. The van der Waals surface area contributed by atoms with Crippen molar-refractivity contribution in [3.8, 4) is 0 Å². The Balaban J connectivity index is 1.77. The molecule has 0 radical (unpaired) electrons. The summed E-state index contributed by atoms with van der Waals surface area (Å²) in [5.74, 6) is -0.0689. The van der Waals surface area contributed by atoms with E-state index in [0.29, 0.717) is 12.8 Å². The van der Waals surface area contributed by atoms with Crippen LogP contribution in [0.2, 0.25) is 0 Å². The van der Waals surface area contributed by atoms with Gasteiger partial charge < -0.3 is 20.3 Å². The third kappa shape index (κ3) is 3.08. The predicted molar refractivity (Wildman–Crippen MR) is 70.8 cm³/mol. The molecule has 1 aliphatic rings. The maximum Gasteiger partial charge on any atom is 0.469 e. The lowest BCUT2D eigenvalue weighted by atomic mass is 10.2. The van der Waals surface area contributed by atoms with Crippen LogP contribution in [0.5, 0.6) is 0 Å². The second-order valence-corrected chi connectivity index (χ2v) is 6.02. The molecular formula is C10H13FN5O5P. The minimum Gasteiger partial charge on any atom is -0.382 e. The highest BCUT2D eigenvalue weighted by Gasteiger charge is 2.30. The highest BCUT2D eigenvalue weighted by atomic mass is 31.2. The molecule has 2 atom stereocenters. The molecular weight excluding hydrogens is 320 g/mol. The molecule has 1 saturated heterocycles. The first-order valence-electron chi connectivity index (χ1n) is 6.34. The Hall–Kier alpha value is -1.65. The average Bonchev–Trinajstić information content (AvgIpc) is 3.01. The molecule has 3 heterocycles. The highest BCUT2D eigenvalue weighted by Crippen LogP contribution is 2.38. The molecule has 0 aliphatic carbocycles. The van der Waals surface area contributed by atoms with Crippen LogP contribution in [0.25, 0.3) is 11.2 Å². The number of fused-ring (bicyclic) bond motifs is 1. The van der Waals surface area contributed by atoms with Gasteiger partial charge in [-0.2, -0.15) is 14.4 Å². The lowest BCUT2D eigenvalue weighted by Crippen LogP contribution is -2.16. The smallest absolute Gasteiger partial charge is 0.382 e. The summed E-state index contributed by atoms with van der Waals surface area (Å²) >= 11 is 0. The number of halogens is 1. The zero-order chi connectivity index (χ0) is 15.9.